The van der Waals surface area contributed by atoms with Crippen molar-refractivity contribution in [3.63, 3.8) is 0 Å². The number of carbonyl (C=O) groups excluding carboxylic acids is 3. The Balaban J connectivity index is 1.53. The van der Waals surface area contributed by atoms with Gasteiger partial charge in [-0.2, -0.15) is 8.42 Å². The van der Waals surface area contributed by atoms with E-state index in [-0.39, 0.29) is 12.2 Å². The first-order chi connectivity index (χ1) is 16.4. The van der Waals surface area contributed by atoms with Crippen LogP contribution in [-0.2, 0) is 35.8 Å². The summed E-state index contributed by atoms with van der Waals surface area (Å²) in [5.74, 6) is -2.39. The fraction of sp³-hybridized carbons (Fsp3) is 0.348. The zero-order valence-electron chi connectivity index (χ0n) is 19.0. The van der Waals surface area contributed by atoms with Gasteiger partial charge in [0.1, 0.15) is 12.6 Å². The summed E-state index contributed by atoms with van der Waals surface area (Å²) in [6.07, 6.45) is 0. The van der Waals surface area contributed by atoms with Gasteiger partial charge in [0.15, 0.2) is 16.3 Å². The number of rotatable bonds is 7. The standard InChI is InChI=1S/C23H25N3O7S2/c1-22(2)18(21(29)33-13-14-9-5-3-6-10-14)26-20(28)17(23(26,24)34-22)25-19(27)16(35(30,31)32)15-11-7-4-8-12-15/h3-12,16-18H,13,24H2,1-2H3,(H,25,27)(H,30,31,32)/t16-,17-,18+,23?/m1/s1. The maximum atomic E-state index is 13.1. The van der Waals surface area contributed by atoms with E-state index in [1.165, 1.54) is 29.2 Å². The minimum atomic E-state index is -4.85. The molecule has 2 fully saturated rings. The minimum absolute atomic E-state index is 0.0177. The highest BCUT2D eigenvalue weighted by molar-refractivity contribution is 8.02. The van der Waals surface area contributed by atoms with E-state index in [9.17, 15) is 27.4 Å². The second kappa shape index (κ2) is 8.94. The van der Waals surface area contributed by atoms with Gasteiger partial charge in [-0.15, -0.1) is 11.8 Å². The number of nitrogens with zero attached hydrogens (tertiary/aromatic N) is 1. The molecule has 2 heterocycles. The molecule has 2 amide bonds. The second-order valence-corrected chi connectivity index (χ2v) is 12.3. The van der Waals surface area contributed by atoms with E-state index in [0.717, 1.165) is 17.3 Å². The quantitative estimate of drug-likeness (QED) is 0.278. The van der Waals surface area contributed by atoms with Crippen LogP contribution in [0, 0.1) is 0 Å². The van der Waals surface area contributed by atoms with E-state index in [4.69, 9.17) is 10.5 Å². The summed E-state index contributed by atoms with van der Waals surface area (Å²) < 4.78 is 38.3. The van der Waals surface area contributed by atoms with E-state index in [0.29, 0.717) is 0 Å². The van der Waals surface area contributed by atoms with E-state index < -0.39 is 55.0 Å². The molecule has 35 heavy (non-hydrogen) atoms. The minimum Gasteiger partial charge on any atom is -0.459 e. The first-order valence-electron chi connectivity index (χ1n) is 10.7. The van der Waals surface area contributed by atoms with Crippen molar-refractivity contribution in [2.45, 2.75) is 47.5 Å². The van der Waals surface area contributed by atoms with Crippen molar-refractivity contribution in [3.8, 4) is 0 Å². The van der Waals surface area contributed by atoms with Crippen LogP contribution in [0.2, 0.25) is 0 Å². The molecule has 0 aliphatic carbocycles. The van der Waals surface area contributed by atoms with Crippen LogP contribution in [0.15, 0.2) is 60.7 Å². The molecule has 2 saturated heterocycles. The van der Waals surface area contributed by atoms with Gasteiger partial charge in [0.05, 0.1) is 0 Å². The number of benzene rings is 2. The third-order valence-electron chi connectivity index (χ3n) is 5.99. The number of hydrogen-bond donors (Lipinski definition) is 3. The van der Waals surface area contributed by atoms with Crippen molar-refractivity contribution in [1.29, 1.82) is 0 Å². The fourth-order valence-corrected chi connectivity index (χ4v) is 7.02. The number of esters is 1. The third-order valence-corrected chi connectivity index (χ3v) is 8.58. The van der Waals surface area contributed by atoms with Gasteiger partial charge >= 0.3 is 5.97 Å². The summed E-state index contributed by atoms with van der Waals surface area (Å²) >= 11 is 1.10. The van der Waals surface area contributed by atoms with Gasteiger partial charge in [0.25, 0.3) is 16.0 Å². The highest BCUT2D eigenvalue weighted by Crippen LogP contribution is 2.56. The molecule has 1 unspecified atom stereocenters. The van der Waals surface area contributed by atoms with Crippen LogP contribution in [0.5, 0.6) is 0 Å². The van der Waals surface area contributed by atoms with Gasteiger partial charge in [-0.1, -0.05) is 60.7 Å². The number of nitrogens with two attached hydrogens (primary N) is 1. The maximum absolute atomic E-state index is 13.1. The Hall–Kier alpha value is -2.93. The lowest BCUT2D eigenvalue weighted by molar-refractivity contribution is -0.171. The number of ether oxygens (including phenoxy) is 1. The Kier molecular flexibility index (Phi) is 6.43. The van der Waals surface area contributed by atoms with Crippen LogP contribution in [0.4, 0.5) is 0 Å². The van der Waals surface area contributed by atoms with Crippen LogP contribution < -0.4 is 11.1 Å². The van der Waals surface area contributed by atoms with Crippen LogP contribution in [0.1, 0.15) is 30.2 Å². The summed E-state index contributed by atoms with van der Waals surface area (Å²) in [6, 6.07) is 14.1. The zero-order valence-corrected chi connectivity index (χ0v) is 20.6. The Morgan fingerprint density at radius 2 is 1.71 bits per heavy atom. The van der Waals surface area contributed by atoms with Gasteiger partial charge in [-0.25, -0.2) is 4.79 Å². The van der Waals surface area contributed by atoms with Gasteiger partial charge in [-0.05, 0) is 25.0 Å². The lowest BCUT2D eigenvalue weighted by Gasteiger charge is -2.51. The molecule has 4 rings (SSSR count). The number of fused-ring (bicyclic) bond motifs is 1. The molecule has 0 spiro atoms. The molecule has 4 atom stereocenters. The molecule has 0 bridgehead atoms. The third kappa shape index (κ3) is 4.54. The van der Waals surface area contributed by atoms with Gasteiger partial charge in [0, 0.05) is 4.75 Å². The summed E-state index contributed by atoms with van der Waals surface area (Å²) in [4.78, 5) is 38.6. The molecule has 12 heteroatoms. The van der Waals surface area contributed by atoms with Gasteiger partial charge < -0.3 is 10.1 Å². The molecule has 0 saturated carbocycles. The number of thioether (sulfide) groups is 1. The predicted molar refractivity (Wildman–Crippen MR) is 128 cm³/mol. The Labute approximate surface area is 206 Å². The lowest BCUT2D eigenvalue weighted by atomic mass is 9.93. The normalized spacial score (nSPS) is 25.8. The van der Waals surface area contributed by atoms with Crippen molar-refractivity contribution in [1.82, 2.24) is 10.2 Å². The zero-order chi connectivity index (χ0) is 25.6. The largest absolute Gasteiger partial charge is 0.459 e. The van der Waals surface area contributed by atoms with Crippen molar-refractivity contribution >= 4 is 39.7 Å². The summed E-state index contributed by atoms with van der Waals surface area (Å²) in [7, 11) is -4.85. The maximum Gasteiger partial charge on any atom is 0.330 e. The van der Waals surface area contributed by atoms with Crippen molar-refractivity contribution in [2.24, 2.45) is 5.73 Å². The summed E-state index contributed by atoms with van der Waals surface area (Å²) in [6.45, 7) is 3.48. The number of hydrogen-bond acceptors (Lipinski definition) is 8. The molecule has 0 radical (unpaired) electrons. The lowest BCUT2D eigenvalue weighted by Crippen LogP contribution is -2.81. The van der Waals surface area contributed by atoms with E-state index in [1.54, 1.807) is 32.0 Å². The fourth-order valence-electron chi connectivity index (χ4n) is 4.45. The van der Waals surface area contributed by atoms with Gasteiger partial charge in [0.2, 0.25) is 5.91 Å². The van der Waals surface area contributed by atoms with Crippen LogP contribution >= 0.6 is 11.8 Å². The molecule has 2 aliphatic heterocycles. The first kappa shape index (κ1) is 25.2. The molecule has 186 valence electrons. The molecule has 2 aliphatic rings. The van der Waals surface area contributed by atoms with Crippen molar-refractivity contribution < 1.29 is 32.1 Å². The molecule has 2 aromatic rings. The van der Waals surface area contributed by atoms with Gasteiger partial charge in [-0.3, -0.25) is 24.8 Å². The van der Waals surface area contributed by atoms with Crippen LogP contribution in [-0.4, -0.2) is 57.5 Å². The highest BCUT2D eigenvalue weighted by Gasteiger charge is 2.72. The first-order valence-corrected chi connectivity index (χ1v) is 13.0. The second-order valence-electron chi connectivity index (χ2n) is 8.91. The average molecular weight is 520 g/mol. The number of nitrogens with one attached hydrogen (secondary N) is 1. The van der Waals surface area contributed by atoms with E-state index in [1.807, 2.05) is 18.2 Å². The molecule has 0 aromatic heterocycles. The Morgan fingerprint density at radius 1 is 1.14 bits per heavy atom. The average Bonchev–Trinajstić information content (AvgIpc) is 2.99. The van der Waals surface area contributed by atoms with E-state index >= 15 is 0 Å². The molecule has 4 N–H and O–H groups in total. The van der Waals surface area contributed by atoms with Crippen molar-refractivity contribution in [2.75, 3.05) is 0 Å². The Morgan fingerprint density at radius 3 is 2.29 bits per heavy atom. The molecule has 10 nitrogen and oxygen atoms in total. The molecular weight excluding hydrogens is 494 g/mol. The molecular formula is C23H25N3O7S2. The number of carbonyl (C=O) groups is 3. The molecule has 2 aromatic carbocycles. The van der Waals surface area contributed by atoms with Crippen LogP contribution in [0.25, 0.3) is 0 Å². The van der Waals surface area contributed by atoms with Crippen LogP contribution in [0.3, 0.4) is 0 Å². The number of amides is 2. The monoisotopic (exact) mass is 519 g/mol. The summed E-state index contributed by atoms with van der Waals surface area (Å²) in [5, 5.41) is 0.427. The predicted octanol–water partition coefficient (Wildman–Crippen LogP) is 1.19. The smallest absolute Gasteiger partial charge is 0.330 e. The Bertz CT molecular complexity index is 1250. The topological polar surface area (TPSA) is 156 Å². The SMILES string of the molecule is CC1(C)SC2(N)[C@H](NC(=O)[C@@H](c3ccccc3)S(=O)(=O)O)C(=O)N2[C@H]1C(=O)OCc1ccccc1. The number of β-lactam (4-membered cyclic amide) rings is 1. The highest BCUT2D eigenvalue weighted by atomic mass is 32.2. The van der Waals surface area contributed by atoms with Crippen molar-refractivity contribution in [3.05, 3.63) is 71.8 Å². The summed E-state index contributed by atoms with van der Waals surface area (Å²) in [5.41, 5.74) is 7.29. The van der Waals surface area contributed by atoms with E-state index in [2.05, 4.69) is 5.32 Å².